The van der Waals surface area contributed by atoms with E-state index in [9.17, 15) is 13.2 Å². The van der Waals surface area contributed by atoms with Crippen LogP contribution in [0.3, 0.4) is 0 Å². The predicted octanol–water partition coefficient (Wildman–Crippen LogP) is 4.62. The number of hydrogen-bond acceptors (Lipinski definition) is 4. The van der Waals surface area contributed by atoms with Crippen LogP contribution in [0.15, 0.2) is 24.3 Å². The Morgan fingerprint density at radius 2 is 1.78 bits per heavy atom. The van der Waals surface area contributed by atoms with Crippen molar-refractivity contribution in [2.45, 2.75) is 66.8 Å². The average molecular weight is 398 g/mol. The zero-order valence-electron chi connectivity index (χ0n) is 17.6. The Balaban J connectivity index is 2.77. The van der Waals surface area contributed by atoms with Gasteiger partial charge in [0.25, 0.3) is 0 Å². The molecule has 0 bridgehead atoms. The highest BCUT2D eigenvalue weighted by atomic mass is 32.2. The molecule has 27 heavy (non-hydrogen) atoms. The molecule has 154 valence electrons. The van der Waals surface area contributed by atoms with E-state index in [0.717, 1.165) is 37.6 Å². The molecule has 0 heterocycles. The van der Waals surface area contributed by atoms with Gasteiger partial charge in [-0.15, -0.1) is 0 Å². The minimum atomic E-state index is -3.53. The summed E-state index contributed by atoms with van der Waals surface area (Å²) in [6.45, 7) is 12.1. The molecule has 0 spiro atoms. The summed E-state index contributed by atoms with van der Waals surface area (Å²) in [6.07, 6.45) is 4.58. The van der Waals surface area contributed by atoms with Crippen molar-refractivity contribution in [3.05, 3.63) is 29.8 Å². The van der Waals surface area contributed by atoms with E-state index in [2.05, 4.69) is 34.6 Å². The van der Waals surface area contributed by atoms with E-state index in [1.165, 1.54) is 0 Å². The smallest absolute Gasteiger partial charge is 0.306 e. The molecule has 0 aliphatic heterocycles. The van der Waals surface area contributed by atoms with Crippen molar-refractivity contribution in [1.29, 1.82) is 0 Å². The molecule has 0 aromatic heterocycles. The molecule has 0 fully saturated rings. The molecule has 0 aliphatic rings. The van der Waals surface area contributed by atoms with E-state index < -0.39 is 10.1 Å². The van der Waals surface area contributed by atoms with Gasteiger partial charge in [-0.25, -0.2) is 0 Å². The second kappa shape index (κ2) is 10.1. The van der Waals surface area contributed by atoms with Crippen molar-refractivity contribution in [3.8, 4) is 5.75 Å². The first-order chi connectivity index (χ1) is 12.4. The summed E-state index contributed by atoms with van der Waals surface area (Å²) in [7, 11) is -3.53. The van der Waals surface area contributed by atoms with Crippen molar-refractivity contribution in [2.24, 2.45) is 11.3 Å². The molecule has 1 aromatic carbocycles. The lowest BCUT2D eigenvalue weighted by Gasteiger charge is -2.27. The fourth-order valence-electron chi connectivity index (χ4n) is 3.23. The van der Waals surface area contributed by atoms with E-state index in [1.54, 1.807) is 12.1 Å². The number of amides is 1. The second-order valence-corrected chi connectivity index (χ2v) is 10.2. The van der Waals surface area contributed by atoms with Gasteiger partial charge in [0.05, 0.1) is 6.26 Å². The highest BCUT2D eigenvalue weighted by Crippen LogP contribution is 2.26. The summed E-state index contributed by atoms with van der Waals surface area (Å²) in [5.41, 5.74) is 1.17. The van der Waals surface area contributed by atoms with Crippen LogP contribution in [-0.2, 0) is 21.5 Å². The summed E-state index contributed by atoms with van der Waals surface area (Å²) in [5, 5.41) is 0. The van der Waals surface area contributed by atoms with Crippen LogP contribution < -0.4 is 4.18 Å². The minimum Gasteiger partial charge on any atom is -0.383 e. The third-order valence-electron chi connectivity index (χ3n) is 4.16. The molecule has 0 aliphatic carbocycles. The molecular weight excluding hydrogens is 362 g/mol. The van der Waals surface area contributed by atoms with Crippen molar-refractivity contribution >= 4 is 16.0 Å². The lowest BCUT2D eigenvalue weighted by atomic mass is 9.84. The van der Waals surface area contributed by atoms with Gasteiger partial charge in [-0.3, -0.25) is 4.79 Å². The summed E-state index contributed by atoms with van der Waals surface area (Å²) in [5.74, 6) is 0.801. The first-order valence-corrected chi connectivity index (χ1v) is 11.5. The molecule has 1 unspecified atom stereocenters. The van der Waals surface area contributed by atoms with Gasteiger partial charge in [0, 0.05) is 19.5 Å². The molecule has 1 rings (SSSR count). The van der Waals surface area contributed by atoms with Gasteiger partial charge in [0.2, 0.25) is 5.91 Å². The van der Waals surface area contributed by atoms with Gasteiger partial charge in [-0.2, -0.15) is 8.42 Å². The average Bonchev–Trinajstić information content (AvgIpc) is 2.49. The van der Waals surface area contributed by atoms with Gasteiger partial charge in [-0.1, -0.05) is 53.2 Å². The first kappa shape index (κ1) is 23.5. The van der Waals surface area contributed by atoms with Gasteiger partial charge < -0.3 is 9.08 Å². The maximum Gasteiger partial charge on any atom is 0.306 e. The summed E-state index contributed by atoms with van der Waals surface area (Å²) in [4.78, 5) is 14.7. The molecule has 1 amide bonds. The normalized spacial score (nSPS) is 13.3. The Morgan fingerprint density at radius 1 is 1.19 bits per heavy atom. The Morgan fingerprint density at radius 3 is 2.26 bits per heavy atom. The summed E-state index contributed by atoms with van der Waals surface area (Å²) < 4.78 is 27.3. The topological polar surface area (TPSA) is 63.7 Å². The Hall–Kier alpha value is -1.56. The molecule has 6 heteroatoms. The van der Waals surface area contributed by atoms with Gasteiger partial charge >= 0.3 is 10.1 Å². The van der Waals surface area contributed by atoms with E-state index in [4.69, 9.17) is 4.18 Å². The number of nitrogens with zero attached hydrogens (tertiary/aromatic N) is 1. The predicted molar refractivity (Wildman–Crippen MR) is 110 cm³/mol. The van der Waals surface area contributed by atoms with E-state index >= 15 is 0 Å². The van der Waals surface area contributed by atoms with Crippen LogP contribution in [0, 0.1) is 11.3 Å². The molecule has 1 aromatic rings. The third-order valence-corrected chi connectivity index (χ3v) is 4.66. The monoisotopic (exact) mass is 397 g/mol. The van der Waals surface area contributed by atoms with Crippen molar-refractivity contribution in [3.63, 3.8) is 0 Å². The zero-order valence-corrected chi connectivity index (χ0v) is 18.4. The van der Waals surface area contributed by atoms with Crippen LogP contribution in [0.25, 0.3) is 0 Å². The Kier molecular flexibility index (Phi) is 8.79. The number of carbonyl (C=O) groups excluding carboxylic acids is 1. The molecule has 0 saturated carbocycles. The van der Waals surface area contributed by atoms with Crippen LogP contribution in [-0.4, -0.2) is 32.0 Å². The summed E-state index contributed by atoms with van der Waals surface area (Å²) in [6, 6.07) is 6.87. The summed E-state index contributed by atoms with van der Waals surface area (Å²) >= 11 is 0. The number of hydrogen-bond donors (Lipinski definition) is 0. The van der Waals surface area contributed by atoms with Crippen molar-refractivity contribution < 1.29 is 17.4 Å². The molecule has 0 N–H and O–H groups in total. The number of carbonyl (C=O) groups is 1. The molecule has 1 atom stereocenters. The highest BCUT2D eigenvalue weighted by molar-refractivity contribution is 7.86. The SMILES string of the molecule is CCCCN(Cc1ccc(OS(C)(=O)=O)cc1)C(=O)CC(C)CC(C)(C)C. The molecule has 0 saturated heterocycles. The molecule has 0 radical (unpaired) electrons. The van der Waals surface area contributed by atoms with Gasteiger partial charge in [-0.05, 0) is 41.9 Å². The number of benzene rings is 1. The fourth-order valence-corrected chi connectivity index (χ4v) is 3.69. The lowest BCUT2D eigenvalue weighted by molar-refractivity contribution is -0.133. The van der Waals surface area contributed by atoms with E-state index in [1.807, 2.05) is 17.0 Å². The van der Waals surface area contributed by atoms with Crippen molar-refractivity contribution in [1.82, 2.24) is 4.90 Å². The second-order valence-electron chi connectivity index (χ2n) is 8.67. The Labute approximate surface area is 165 Å². The van der Waals surface area contributed by atoms with Crippen LogP contribution in [0.5, 0.6) is 5.75 Å². The largest absolute Gasteiger partial charge is 0.383 e. The van der Waals surface area contributed by atoms with Crippen LogP contribution in [0.2, 0.25) is 0 Å². The molecular formula is C21H35NO4S. The van der Waals surface area contributed by atoms with Crippen LogP contribution in [0.4, 0.5) is 0 Å². The first-order valence-electron chi connectivity index (χ1n) is 9.66. The quantitative estimate of drug-likeness (QED) is 0.541. The zero-order chi connectivity index (χ0) is 20.7. The number of rotatable bonds is 10. The standard InChI is InChI=1S/C21H35NO4S/c1-7-8-13-22(20(23)14-17(2)15-21(3,4)5)16-18-9-11-19(12-10-18)26-27(6,24)25/h9-12,17H,7-8,13-16H2,1-6H3. The fraction of sp³-hybridized carbons (Fsp3) is 0.667. The minimum absolute atomic E-state index is 0.177. The Bertz CT molecular complexity index is 690. The van der Waals surface area contributed by atoms with E-state index in [-0.39, 0.29) is 17.1 Å². The van der Waals surface area contributed by atoms with Crippen LogP contribution in [0.1, 0.15) is 65.9 Å². The number of unbranched alkanes of at least 4 members (excludes halogenated alkanes) is 1. The highest BCUT2D eigenvalue weighted by Gasteiger charge is 2.21. The third kappa shape index (κ3) is 10.4. The maximum atomic E-state index is 12.8. The van der Waals surface area contributed by atoms with E-state index in [0.29, 0.717) is 18.9 Å². The maximum absolute atomic E-state index is 12.8. The van der Waals surface area contributed by atoms with Crippen molar-refractivity contribution in [2.75, 3.05) is 12.8 Å². The van der Waals surface area contributed by atoms with Gasteiger partial charge in [0.15, 0.2) is 0 Å². The lowest BCUT2D eigenvalue weighted by Crippen LogP contribution is -2.33. The molecule has 5 nitrogen and oxygen atoms in total. The van der Waals surface area contributed by atoms with Gasteiger partial charge in [0.1, 0.15) is 5.75 Å². The van der Waals surface area contributed by atoms with Crippen LogP contribution >= 0.6 is 0 Å².